The molecule has 0 aromatic heterocycles. The largest absolute Gasteiger partial charge is 1.00 e. The summed E-state index contributed by atoms with van der Waals surface area (Å²) in [5, 5.41) is 0. The Bertz CT molecular complexity index is 1410. The average Bonchev–Trinajstić information content (AvgIpc) is 3.28. The minimum atomic E-state index is -4.83. The zero-order valence-electron chi connectivity index (χ0n) is 42.5. The molecule has 0 spiro atoms. The third-order valence-corrected chi connectivity index (χ3v) is 13.3. The number of hydrogen-bond acceptors (Lipinski definition) is 7. The van der Waals surface area contributed by atoms with Gasteiger partial charge in [0.2, 0.25) is 0 Å². The summed E-state index contributed by atoms with van der Waals surface area (Å²) in [5.41, 5.74) is -0.370. The smallest absolute Gasteiger partial charge is 0.744 e. The summed E-state index contributed by atoms with van der Waals surface area (Å²) < 4.78 is 46.0. The minimum Gasteiger partial charge on any atom is -0.744 e. The van der Waals surface area contributed by atoms with Crippen LogP contribution in [0.2, 0.25) is 0 Å². The van der Waals surface area contributed by atoms with Gasteiger partial charge in [-0.25, -0.2) is 18.0 Å². The molecule has 1 aromatic rings. The molecule has 65 heavy (non-hydrogen) atoms. The molecule has 0 radical (unpaired) electrons. The van der Waals surface area contributed by atoms with Crippen LogP contribution in [0.4, 0.5) is 0 Å². The van der Waals surface area contributed by atoms with Gasteiger partial charge in [-0.15, -0.1) is 0 Å². The fourth-order valence-electron chi connectivity index (χ4n) is 8.33. The Kier molecular flexibility index (Phi) is 47.6. The fraction of sp³-hybridized carbons (Fsp3) is 0.786. The van der Waals surface area contributed by atoms with Gasteiger partial charge in [0.05, 0.1) is 29.2 Å². The Hall–Kier alpha value is -0.814. The summed E-state index contributed by atoms with van der Waals surface area (Å²) in [5.74, 6) is -1.58. The number of allylic oxidation sites excluding steroid dienone is 4. The van der Waals surface area contributed by atoms with Gasteiger partial charge in [-0.1, -0.05) is 231 Å². The third kappa shape index (κ3) is 40.8. The number of carbonyl (C=O) groups is 2. The summed E-state index contributed by atoms with van der Waals surface area (Å²) in [6.07, 6.45) is 59.7. The van der Waals surface area contributed by atoms with Crippen LogP contribution in [0.1, 0.15) is 291 Å². The van der Waals surface area contributed by atoms with Gasteiger partial charge in [0.1, 0.15) is 10.1 Å². The zero-order chi connectivity index (χ0) is 46.4. The van der Waals surface area contributed by atoms with Gasteiger partial charge in [-0.3, -0.25) is 0 Å². The van der Waals surface area contributed by atoms with Crippen molar-refractivity contribution in [2.45, 2.75) is 276 Å². The summed E-state index contributed by atoms with van der Waals surface area (Å²) in [4.78, 5) is 25.4. The molecule has 0 aliphatic rings. The van der Waals surface area contributed by atoms with E-state index in [1.54, 1.807) is 0 Å². The first kappa shape index (κ1) is 64.2. The van der Waals surface area contributed by atoms with Crippen molar-refractivity contribution >= 4 is 22.1 Å². The number of benzene rings is 1. The van der Waals surface area contributed by atoms with Gasteiger partial charge < -0.3 is 14.0 Å². The van der Waals surface area contributed by atoms with Crippen molar-refractivity contribution in [3.8, 4) is 0 Å². The number of carbonyl (C=O) groups excluding carboxylic acids is 2. The maximum absolute atomic E-state index is 13.0. The summed E-state index contributed by atoms with van der Waals surface area (Å²) in [6.45, 7) is 4.86. The van der Waals surface area contributed by atoms with E-state index in [1.165, 1.54) is 205 Å². The van der Waals surface area contributed by atoms with Crippen LogP contribution in [0.3, 0.4) is 0 Å². The Balaban J connectivity index is 0.0000410. The molecule has 0 atom stereocenters. The van der Waals surface area contributed by atoms with E-state index in [4.69, 9.17) is 9.47 Å². The molecule has 0 aliphatic carbocycles. The van der Waals surface area contributed by atoms with E-state index in [0.717, 1.165) is 56.7 Å². The fourth-order valence-corrected chi connectivity index (χ4v) is 8.83. The van der Waals surface area contributed by atoms with Crippen molar-refractivity contribution in [1.29, 1.82) is 0 Å². The van der Waals surface area contributed by atoms with E-state index in [-0.39, 0.29) is 75.7 Å². The molecule has 9 heteroatoms. The van der Waals surface area contributed by atoms with E-state index in [0.29, 0.717) is 12.8 Å². The zero-order valence-corrected chi connectivity index (χ0v) is 46.4. The summed E-state index contributed by atoms with van der Waals surface area (Å²) in [7, 11) is -4.83. The second kappa shape index (κ2) is 48.2. The monoisotopic (exact) mass is 953 g/mol. The molecular weight excluding hydrogens is 856 g/mol. The molecule has 7 nitrogen and oxygen atoms in total. The molecule has 1 rings (SSSR count). The van der Waals surface area contributed by atoms with Crippen LogP contribution in [-0.2, 0) is 19.6 Å². The van der Waals surface area contributed by atoms with Gasteiger partial charge in [0.15, 0.2) is 0 Å². The predicted octanol–water partition coefficient (Wildman–Crippen LogP) is 14.7. The quantitative estimate of drug-likeness (QED) is 0.0210. The SMILES string of the molecule is CCCCCCCCCCCCCCCCCC/C=C/CCCCOC(=O)c1ccc(S(=O)(=O)[O-])cc1C(=O)OCCCC/C=C/CCCCCCCCCCCCCCCCCC.[K+]. The molecule has 0 N–H and O–H groups in total. The van der Waals surface area contributed by atoms with E-state index in [1.807, 2.05) is 0 Å². The van der Waals surface area contributed by atoms with Crippen LogP contribution in [0.25, 0.3) is 0 Å². The topological polar surface area (TPSA) is 110 Å². The van der Waals surface area contributed by atoms with E-state index in [2.05, 4.69) is 38.2 Å². The molecule has 1 aromatic carbocycles. The van der Waals surface area contributed by atoms with Crippen molar-refractivity contribution in [3.05, 3.63) is 53.6 Å². The first-order valence-corrected chi connectivity index (χ1v) is 28.5. The van der Waals surface area contributed by atoms with Crippen LogP contribution in [-0.4, -0.2) is 38.1 Å². The normalized spacial score (nSPS) is 11.7. The van der Waals surface area contributed by atoms with Crippen LogP contribution < -0.4 is 51.4 Å². The molecule has 0 amide bonds. The Morgan fingerprint density at radius 1 is 0.415 bits per heavy atom. The molecule has 0 aliphatic heterocycles. The van der Waals surface area contributed by atoms with Crippen molar-refractivity contribution < 1.29 is 83.4 Å². The second-order valence-electron chi connectivity index (χ2n) is 18.6. The maximum atomic E-state index is 13.0. The van der Waals surface area contributed by atoms with Gasteiger partial charge in [0, 0.05) is 0 Å². The minimum absolute atomic E-state index is 0. The molecule has 0 saturated heterocycles. The van der Waals surface area contributed by atoms with E-state index < -0.39 is 27.0 Å². The standard InChI is InChI=1S/C56H98O7S.K/c1-3-5-7-9-11-13-15-17-19-21-23-25-27-29-31-33-35-37-39-41-43-45-49-62-55(57)53-48-47-52(64(59,60)61)51-54(53)56(58)63-50-46-44-42-40-38-36-34-32-30-28-26-24-22-20-18-16-14-12-10-8-6-4-2;/h37-40,47-48,51H,3-36,41-46,49-50H2,1-2H3,(H,59,60,61);/q;+1/p-1/b39-37+,40-38+;. The predicted molar refractivity (Wildman–Crippen MR) is 269 cm³/mol. The molecule has 0 bridgehead atoms. The number of ether oxygens (including phenoxy) is 2. The molecule has 0 unspecified atom stereocenters. The summed E-state index contributed by atoms with van der Waals surface area (Å²) >= 11 is 0. The maximum Gasteiger partial charge on any atom is 1.00 e. The van der Waals surface area contributed by atoms with Crippen molar-refractivity contribution in [1.82, 2.24) is 0 Å². The van der Waals surface area contributed by atoms with Crippen molar-refractivity contribution in [2.75, 3.05) is 13.2 Å². The molecule has 0 heterocycles. The second-order valence-corrected chi connectivity index (χ2v) is 19.9. The number of hydrogen-bond donors (Lipinski definition) is 0. The van der Waals surface area contributed by atoms with Gasteiger partial charge in [-0.05, 0) is 82.4 Å². The molecular formula is C56H97KO7S. The van der Waals surface area contributed by atoms with Gasteiger partial charge in [0.25, 0.3) is 0 Å². The van der Waals surface area contributed by atoms with Crippen LogP contribution in [0, 0.1) is 0 Å². The van der Waals surface area contributed by atoms with Gasteiger partial charge in [-0.2, -0.15) is 0 Å². The average molecular weight is 954 g/mol. The number of unbranched alkanes of at least 4 members (excludes halogenated alkanes) is 36. The molecule has 370 valence electrons. The van der Waals surface area contributed by atoms with Crippen molar-refractivity contribution in [3.63, 3.8) is 0 Å². The number of rotatable bonds is 47. The van der Waals surface area contributed by atoms with Crippen molar-refractivity contribution in [2.24, 2.45) is 0 Å². The first-order valence-electron chi connectivity index (χ1n) is 27.0. The van der Waals surface area contributed by atoms with Crippen LogP contribution in [0.15, 0.2) is 47.4 Å². The van der Waals surface area contributed by atoms with E-state index >= 15 is 0 Å². The Labute approximate surface area is 443 Å². The Morgan fingerprint density at radius 2 is 0.677 bits per heavy atom. The first-order chi connectivity index (χ1) is 31.3. The van der Waals surface area contributed by atoms with Crippen LogP contribution in [0.5, 0.6) is 0 Å². The molecule has 0 fully saturated rings. The molecule has 0 saturated carbocycles. The van der Waals surface area contributed by atoms with E-state index in [9.17, 15) is 22.6 Å². The number of esters is 2. The third-order valence-electron chi connectivity index (χ3n) is 12.5. The summed E-state index contributed by atoms with van der Waals surface area (Å²) in [6, 6.07) is 3.12. The van der Waals surface area contributed by atoms with Crippen LogP contribution >= 0.6 is 0 Å². The van der Waals surface area contributed by atoms with Gasteiger partial charge >= 0.3 is 63.3 Å². The Morgan fingerprint density at radius 3 is 0.969 bits per heavy atom.